The zero-order valence-electron chi connectivity index (χ0n) is 19.5. The standard InChI is InChI=1S/C26H27N3O4S/c1-4-5-14-33-20-10-6-9-19(15-20)25(30)29(17-18-8-7-13-27-16-18)26-28-23-21(31-2)11-12-22(32-3)24(23)34-26/h6-13,15-16H,4-5,14,17H2,1-3H3. The molecule has 0 bridgehead atoms. The molecule has 0 unspecified atom stereocenters. The van der Waals surface area contributed by atoms with Gasteiger partial charge in [-0.1, -0.05) is 36.8 Å². The van der Waals surface area contributed by atoms with Gasteiger partial charge in [0.1, 0.15) is 27.5 Å². The van der Waals surface area contributed by atoms with Crippen LogP contribution in [0.4, 0.5) is 5.13 Å². The molecule has 0 aliphatic carbocycles. The van der Waals surface area contributed by atoms with E-state index in [0.717, 1.165) is 23.1 Å². The zero-order valence-corrected chi connectivity index (χ0v) is 20.3. The summed E-state index contributed by atoms with van der Waals surface area (Å²) in [7, 11) is 3.21. The molecule has 0 radical (unpaired) electrons. The topological polar surface area (TPSA) is 73.8 Å². The Bertz CT molecular complexity index is 1220. The molecule has 0 N–H and O–H groups in total. The van der Waals surface area contributed by atoms with Crippen LogP contribution in [0.15, 0.2) is 60.9 Å². The molecule has 34 heavy (non-hydrogen) atoms. The number of unbranched alkanes of at least 4 members (excludes halogenated alkanes) is 1. The van der Waals surface area contributed by atoms with Crippen LogP contribution >= 0.6 is 11.3 Å². The fourth-order valence-corrected chi connectivity index (χ4v) is 4.57. The first kappa shape index (κ1) is 23.5. The van der Waals surface area contributed by atoms with Gasteiger partial charge in [0.15, 0.2) is 5.13 Å². The lowest BCUT2D eigenvalue weighted by Gasteiger charge is -2.20. The van der Waals surface area contributed by atoms with Gasteiger partial charge in [-0.25, -0.2) is 4.98 Å². The highest BCUT2D eigenvalue weighted by atomic mass is 32.1. The number of anilines is 1. The first-order valence-corrected chi connectivity index (χ1v) is 11.9. The van der Waals surface area contributed by atoms with Crippen LogP contribution < -0.4 is 19.1 Å². The number of benzene rings is 2. The largest absolute Gasteiger partial charge is 0.495 e. The summed E-state index contributed by atoms with van der Waals surface area (Å²) in [6.45, 7) is 3.05. The number of carbonyl (C=O) groups is 1. The summed E-state index contributed by atoms with van der Waals surface area (Å²) in [5, 5.41) is 0.545. The Hall–Kier alpha value is -3.65. The quantitative estimate of drug-likeness (QED) is 0.271. The van der Waals surface area contributed by atoms with Crippen LogP contribution in [0, 0.1) is 0 Å². The highest BCUT2D eigenvalue weighted by molar-refractivity contribution is 7.22. The van der Waals surface area contributed by atoms with Crippen molar-refractivity contribution in [2.24, 2.45) is 0 Å². The number of ether oxygens (including phenoxy) is 3. The Morgan fingerprint density at radius 1 is 1.06 bits per heavy atom. The van der Waals surface area contributed by atoms with E-state index in [-0.39, 0.29) is 5.91 Å². The number of hydrogen-bond donors (Lipinski definition) is 0. The minimum atomic E-state index is -0.179. The first-order chi connectivity index (χ1) is 16.6. The Labute approximate surface area is 202 Å². The van der Waals surface area contributed by atoms with Gasteiger partial charge in [-0.05, 0) is 48.4 Å². The van der Waals surface area contributed by atoms with Gasteiger partial charge < -0.3 is 14.2 Å². The summed E-state index contributed by atoms with van der Waals surface area (Å²) in [4.78, 5) is 24.4. The number of fused-ring (bicyclic) bond motifs is 1. The number of pyridine rings is 1. The van der Waals surface area contributed by atoms with Crippen molar-refractivity contribution in [2.75, 3.05) is 25.7 Å². The van der Waals surface area contributed by atoms with E-state index in [2.05, 4.69) is 11.9 Å². The van der Waals surface area contributed by atoms with Crippen LogP contribution in [0.3, 0.4) is 0 Å². The molecule has 0 spiro atoms. The Balaban J connectivity index is 1.75. The summed E-state index contributed by atoms with van der Waals surface area (Å²) in [6, 6.07) is 14.7. The summed E-state index contributed by atoms with van der Waals surface area (Å²) >= 11 is 1.39. The lowest BCUT2D eigenvalue weighted by atomic mass is 10.1. The van der Waals surface area contributed by atoms with Crippen molar-refractivity contribution in [3.05, 3.63) is 72.1 Å². The second kappa shape index (κ2) is 11.0. The third-order valence-corrected chi connectivity index (χ3v) is 6.38. The van der Waals surface area contributed by atoms with Crippen molar-refractivity contribution < 1.29 is 19.0 Å². The molecule has 7 nitrogen and oxygen atoms in total. The monoisotopic (exact) mass is 477 g/mol. The SMILES string of the molecule is CCCCOc1cccc(C(=O)N(Cc2cccnc2)c2nc3c(OC)ccc(OC)c3s2)c1. The van der Waals surface area contributed by atoms with Crippen LogP contribution in [0.5, 0.6) is 17.2 Å². The van der Waals surface area contributed by atoms with Gasteiger partial charge in [0, 0.05) is 18.0 Å². The number of amides is 1. The molecule has 0 saturated heterocycles. The molecule has 0 atom stereocenters. The second-order valence-corrected chi connectivity index (χ2v) is 8.60. The van der Waals surface area contributed by atoms with Crippen molar-refractivity contribution >= 4 is 32.6 Å². The van der Waals surface area contributed by atoms with E-state index >= 15 is 0 Å². The summed E-state index contributed by atoms with van der Waals surface area (Å²) in [5.41, 5.74) is 2.07. The molecule has 2 aromatic heterocycles. The minimum absolute atomic E-state index is 0.179. The normalized spacial score (nSPS) is 10.8. The molecular weight excluding hydrogens is 450 g/mol. The zero-order chi connectivity index (χ0) is 23.9. The summed E-state index contributed by atoms with van der Waals surface area (Å²) in [5.74, 6) is 1.80. The molecular formula is C26H27N3O4S. The molecule has 4 rings (SSSR count). The van der Waals surface area contributed by atoms with Crippen LogP contribution in [-0.2, 0) is 6.54 Å². The Kier molecular flexibility index (Phi) is 7.59. The highest BCUT2D eigenvalue weighted by Crippen LogP contribution is 2.40. The van der Waals surface area contributed by atoms with Crippen LogP contribution in [-0.4, -0.2) is 36.7 Å². The van der Waals surface area contributed by atoms with Crippen molar-refractivity contribution in [1.29, 1.82) is 0 Å². The van der Waals surface area contributed by atoms with Gasteiger partial charge >= 0.3 is 0 Å². The van der Waals surface area contributed by atoms with Crippen LogP contribution in [0.25, 0.3) is 10.2 Å². The number of methoxy groups -OCH3 is 2. The van der Waals surface area contributed by atoms with Gasteiger partial charge in [0.2, 0.25) is 0 Å². The molecule has 4 aromatic rings. The number of thiazole rings is 1. The average Bonchev–Trinajstić information content (AvgIpc) is 3.32. The van der Waals surface area contributed by atoms with E-state index in [0.29, 0.717) is 46.6 Å². The van der Waals surface area contributed by atoms with E-state index in [9.17, 15) is 4.79 Å². The molecule has 8 heteroatoms. The summed E-state index contributed by atoms with van der Waals surface area (Å²) < 4.78 is 17.7. The maximum Gasteiger partial charge on any atom is 0.260 e. The highest BCUT2D eigenvalue weighted by Gasteiger charge is 2.24. The molecule has 0 aliphatic heterocycles. The van der Waals surface area contributed by atoms with Crippen LogP contribution in [0.1, 0.15) is 35.7 Å². The molecule has 1 amide bonds. The maximum absolute atomic E-state index is 13.8. The van der Waals surface area contributed by atoms with E-state index in [4.69, 9.17) is 19.2 Å². The molecule has 0 aliphatic rings. The molecule has 2 aromatic carbocycles. The summed E-state index contributed by atoms with van der Waals surface area (Å²) in [6.07, 6.45) is 5.46. The number of hydrogen-bond acceptors (Lipinski definition) is 7. The lowest BCUT2D eigenvalue weighted by Crippen LogP contribution is -2.30. The average molecular weight is 478 g/mol. The van der Waals surface area contributed by atoms with Gasteiger partial charge in [-0.3, -0.25) is 14.7 Å². The third kappa shape index (κ3) is 5.12. The van der Waals surface area contributed by atoms with Crippen LogP contribution in [0.2, 0.25) is 0 Å². The van der Waals surface area contributed by atoms with E-state index in [1.54, 1.807) is 43.6 Å². The minimum Gasteiger partial charge on any atom is -0.495 e. The predicted molar refractivity (Wildman–Crippen MR) is 134 cm³/mol. The number of aromatic nitrogens is 2. The number of rotatable bonds is 10. The lowest BCUT2D eigenvalue weighted by molar-refractivity contribution is 0.0984. The molecule has 2 heterocycles. The third-order valence-electron chi connectivity index (χ3n) is 5.29. The molecule has 0 fully saturated rings. The van der Waals surface area contributed by atoms with Crippen molar-refractivity contribution in [3.63, 3.8) is 0 Å². The first-order valence-electron chi connectivity index (χ1n) is 11.1. The van der Waals surface area contributed by atoms with E-state index in [1.165, 1.54) is 11.3 Å². The van der Waals surface area contributed by atoms with Crippen molar-refractivity contribution in [2.45, 2.75) is 26.3 Å². The van der Waals surface area contributed by atoms with E-state index < -0.39 is 0 Å². The Morgan fingerprint density at radius 2 is 1.88 bits per heavy atom. The van der Waals surface area contributed by atoms with Crippen molar-refractivity contribution in [1.82, 2.24) is 9.97 Å². The fourth-order valence-electron chi connectivity index (χ4n) is 3.50. The smallest absolute Gasteiger partial charge is 0.260 e. The molecule has 176 valence electrons. The Morgan fingerprint density at radius 3 is 2.62 bits per heavy atom. The fraction of sp³-hybridized carbons (Fsp3) is 0.269. The second-order valence-electron chi connectivity index (χ2n) is 7.63. The van der Waals surface area contributed by atoms with E-state index in [1.807, 2.05) is 36.4 Å². The van der Waals surface area contributed by atoms with Gasteiger partial charge in [0.05, 0.1) is 27.4 Å². The van der Waals surface area contributed by atoms with Gasteiger partial charge in [-0.15, -0.1) is 0 Å². The number of carbonyl (C=O) groups excluding carboxylic acids is 1. The maximum atomic E-state index is 13.8. The predicted octanol–water partition coefficient (Wildman–Crippen LogP) is 5.73. The van der Waals surface area contributed by atoms with Crippen molar-refractivity contribution in [3.8, 4) is 17.2 Å². The number of nitrogens with zero attached hydrogens (tertiary/aromatic N) is 3. The van der Waals surface area contributed by atoms with Gasteiger partial charge in [-0.2, -0.15) is 0 Å². The van der Waals surface area contributed by atoms with Gasteiger partial charge in [0.25, 0.3) is 5.91 Å². The molecule has 0 saturated carbocycles.